The fraction of sp³-hybridized carbons (Fsp3) is 0.905. The summed E-state index contributed by atoms with van der Waals surface area (Å²) in [6, 6.07) is 0.568. The average molecular weight is 362 g/mol. The maximum atomic E-state index is 13.0. The van der Waals surface area contributed by atoms with Crippen LogP contribution in [0.1, 0.15) is 64.2 Å². The van der Waals surface area contributed by atoms with Crippen molar-refractivity contribution in [2.45, 2.75) is 70.3 Å². The van der Waals surface area contributed by atoms with Crippen LogP contribution in [0.2, 0.25) is 0 Å². The van der Waals surface area contributed by atoms with Crippen molar-refractivity contribution in [3.63, 3.8) is 0 Å². The summed E-state index contributed by atoms with van der Waals surface area (Å²) in [5, 5.41) is 0. The minimum absolute atomic E-state index is 0.202. The predicted molar refractivity (Wildman–Crippen MR) is 102 cm³/mol. The van der Waals surface area contributed by atoms with Crippen molar-refractivity contribution in [2.75, 3.05) is 39.3 Å². The lowest BCUT2D eigenvalue weighted by atomic mass is 9.92. The molecule has 26 heavy (non-hydrogen) atoms. The van der Waals surface area contributed by atoms with Crippen LogP contribution in [0, 0.1) is 11.8 Å². The molecule has 3 heterocycles. The normalized spacial score (nSPS) is 29.5. The van der Waals surface area contributed by atoms with E-state index >= 15 is 0 Å². The predicted octanol–water partition coefficient (Wildman–Crippen LogP) is 2.50. The summed E-state index contributed by atoms with van der Waals surface area (Å²) in [4.78, 5) is 32.1. The zero-order valence-corrected chi connectivity index (χ0v) is 16.2. The number of hydrogen-bond donors (Lipinski definition) is 0. The van der Waals surface area contributed by atoms with Crippen LogP contribution in [0.3, 0.4) is 0 Å². The molecule has 4 fully saturated rings. The topological polar surface area (TPSA) is 43.9 Å². The summed E-state index contributed by atoms with van der Waals surface area (Å²) < 4.78 is 0. The molecule has 3 saturated heterocycles. The molecule has 1 aliphatic carbocycles. The molecule has 3 aliphatic heterocycles. The van der Waals surface area contributed by atoms with E-state index in [1.807, 2.05) is 0 Å². The molecule has 5 heteroatoms. The van der Waals surface area contributed by atoms with Gasteiger partial charge < -0.3 is 9.80 Å². The molecule has 0 bridgehead atoms. The molecule has 1 atom stereocenters. The smallest absolute Gasteiger partial charge is 0.226 e. The molecule has 0 radical (unpaired) electrons. The average Bonchev–Trinajstić information content (AvgIpc) is 3.54. The van der Waals surface area contributed by atoms with Gasteiger partial charge in [-0.25, -0.2) is 0 Å². The van der Waals surface area contributed by atoms with Crippen molar-refractivity contribution in [3.05, 3.63) is 0 Å². The van der Waals surface area contributed by atoms with E-state index < -0.39 is 0 Å². The van der Waals surface area contributed by atoms with Gasteiger partial charge >= 0.3 is 0 Å². The molecule has 0 aromatic rings. The summed E-state index contributed by atoms with van der Waals surface area (Å²) in [5.41, 5.74) is 0. The Morgan fingerprint density at radius 1 is 0.577 bits per heavy atom. The van der Waals surface area contributed by atoms with Crippen LogP contribution in [0.4, 0.5) is 0 Å². The highest BCUT2D eigenvalue weighted by Crippen LogP contribution is 2.33. The third kappa shape index (κ3) is 4.24. The van der Waals surface area contributed by atoms with Crippen molar-refractivity contribution in [1.82, 2.24) is 14.7 Å². The fourth-order valence-electron chi connectivity index (χ4n) is 5.13. The van der Waals surface area contributed by atoms with E-state index in [2.05, 4.69) is 14.7 Å². The van der Waals surface area contributed by atoms with Gasteiger partial charge in [-0.1, -0.05) is 12.8 Å². The monoisotopic (exact) mass is 361 g/mol. The summed E-state index contributed by atoms with van der Waals surface area (Å²) in [7, 11) is 0. The molecule has 0 N–H and O–H groups in total. The Labute approximate surface area is 158 Å². The van der Waals surface area contributed by atoms with Gasteiger partial charge in [0, 0.05) is 44.7 Å². The van der Waals surface area contributed by atoms with Crippen molar-refractivity contribution in [1.29, 1.82) is 0 Å². The molecular formula is C21H35N3O2. The number of hydrogen-bond acceptors (Lipinski definition) is 3. The number of amides is 2. The zero-order valence-electron chi connectivity index (χ0n) is 16.2. The third-order valence-electron chi connectivity index (χ3n) is 6.94. The maximum Gasteiger partial charge on any atom is 0.226 e. The lowest BCUT2D eigenvalue weighted by Crippen LogP contribution is -2.52. The van der Waals surface area contributed by atoms with Gasteiger partial charge in [0.2, 0.25) is 11.8 Å². The first-order valence-electron chi connectivity index (χ1n) is 11.0. The molecule has 146 valence electrons. The van der Waals surface area contributed by atoms with Gasteiger partial charge in [0.15, 0.2) is 0 Å². The summed E-state index contributed by atoms with van der Waals surface area (Å²) in [6.07, 6.45) is 11.5. The van der Waals surface area contributed by atoms with E-state index in [1.165, 1.54) is 25.7 Å². The van der Waals surface area contributed by atoms with E-state index in [9.17, 15) is 9.59 Å². The van der Waals surface area contributed by atoms with Gasteiger partial charge in [-0.2, -0.15) is 0 Å². The van der Waals surface area contributed by atoms with Crippen LogP contribution in [0.25, 0.3) is 0 Å². The fourth-order valence-corrected chi connectivity index (χ4v) is 5.13. The molecule has 4 aliphatic rings. The first-order valence-corrected chi connectivity index (χ1v) is 11.0. The highest BCUT2D eigenvalue weighted by atomic mass is 16.2. The molecule has 1 saturated carbocycles. The largest absolute Gasteiger partial charge is 0.342 e. The molecule has 5 nitrogen and oxygen atoms in total. The number of carbonyl (C=O) groups is 2. The highest BCUT2D eigenvalue weighted by Gasteiger charge is 2.37. The third-order valence-corrected chi connectivity index (χ3v) is 6.94. The Morgan fingerprint density at radius 2 is 1.19 bits per heavy atom. The van der Waals surface area contributed by atoms with Crippen LogP contribution in [-0.2, 0) is 9.59 Å². The van der Waals surface area contributed by atoms with Crippen molar-refractivity contribution >= 4 is 11.8 Å². The lowest BCUT2D eigenvalue weighted by molar-refractivity contribution is -0.138. The van der Waals surface area contributed by atoms with Crippen LogP contribution in [-0.4, -0.2) is 71.8 Å². The van der Waals surface area contributed by atoms with Gasteiger partial charge in [-0.05, 0) is 57.9 Å². The molecule has 2 amide bonds. The number of rotatable bonds is 3. The Hall–Kier alpha value is -1.10. The van der Waals surface area contributed by atoms with E-state index in [1.54, 1.807) is 0 Å². The zero-order chi connectivity index (χ0) is 17.9. The molecule has 0 spiro atoms. The standard InChI is InChI=1S/C21H35N3O2/c25-20(17-7-8-17)23-14-9-19(10-15-23)24-13-5-6-18(16-24)21(26)22-11-3-1-2-4-12-22/h17-19H,1-16H2/t18-/m1/s1. The SMILES string of the molecule is O=C(C1CC1)N1CCC(N2CCC[C@@H](C(=O)N3CCCCCC3)C2)CC1. The van der Waals surface area contributed by atoms with E-state index in [0.29, 0.717) is 23.8 Å². The minimum atomic E-state index is 0.202. The summed E-state index contributed by atoms with van der Waals surface area (Å²) in [5.74, 6) is 1.36. The number of piperidine rings is 2. The molecule has 0 unspecified atom stereocenters. The van der Waals surface area contributed by atoms with Gasteiger partial charge in [0.05, 0.1) is 5.92 Å². The highest BCUT2D eigenvalue weighted by molar-refractivity contribution is 5.81. The minimum Gasteiger partial charge on any atom is -0.342 e. The Balaban J connectivity index is 1.28. The Morgan fingerprint density at radius 3 is 1.85 bits per heavy atom. The van der Waals surface area contributed by atoms with Crippen molar-refractivity contribution in [3.8, 4) is 0 Å². The lowest BCUT2D eigenvalue weighted by Gasteiger charge is -2.42. The quantitative estimate of drug-likeness (QED) is 0.776. The molecule has 0 aromatic carbocycles. The Bertz CT molecular complexity index is 503. The van der Waals surface area contributed by atoms with Gasteiger partial charge in [-0.3, -0.25) is 14.5 Å². The first kappa shape index (κ1) is 18.3. The summed E-state index contributed by atoms with van der Waals surface area (Å²) >= 11 is 0. The van der Waals surface area contributed by atoms with Crippen LogP contribution >= 0.6 is 0 Å². The van der Waals surface area contributed by atoms with Crippen LogP contribution < -0.4 is 0 Å². The number of nitrogens with zero attached hydrogens (tertiary/aromatic N) is 3. The first-order chi connectivity index (χ1) is 12.7. The van der Waals surface area contributed by atoms with Gasteiger partial charge in [0.1, 0.15) is 0 Å². The van der Waals surface area contributed by atoms with Crippen LogP contribution in [0.15, 0.2) is 0 Å². The van der Waals surface area contributed by atoms with Crippen molar-refractivity contribution < 1.29 is 9.59 Å². The second-order valence-corrected chi connectivity index (χ2v) is 8.90. The Kier molecular flexibility index (Phi) is 5.82. The number of carbonyl (C=O) groups excluding carboxylic acids is 2. The second-order valence-electron chi connectivity index (χ2n) is 8.90. The van der Waals surface area contributed by atoms with E-state index in [4.69, 9.17) is 0 Å². The van der Waals surface area contributed by atoms with Crippen molar-refractivity contribution in [2.24, 2.45) is 11.8 Å². The van der Waals surface area contributed by atoms with E-state index in [-0.39, 0.29) is 5.92 Å². The van der Waals surface area contributed by atoms with Gasteiger partial charge in [0.25, 0.3) is 0 Å². The molecule has 4 rings (SSSR count). The van der Waals surface area contributed by atoms with E-state index in [0.717, 1.165) is 77.8 Å². The summed E-state index contributed by atoms with van der Waals surface area (Å²) in [6.45, 7) is 5.85. The maximum absolute atomic E-state index is 13.0. The molecule has 0 aromatic heterocycles. The number of likely N-dealkylation sites (tertiary alicyclic amines) is 3. The second kappa shape index (κ2) is 8.28. The van der Waals surface area contributed by atoms with Gasteiger partial charge in [-0.15, -0.1) is 0 Å². The molecular weight excluding hydrogens is 326 g/mol. The van der Waals surface area contributed by atoms with Crippen LogP contribution in [0.5, 0.6) is 0 Å².